The van der Waals surface area contributed by atoms with E-state index >= 15 is 0 Å². The number of carbonyl (C=O) groups excluding carboxylic acids is 2. The summed E-state index contributed by atoms with van der Waals surface area (Å²) < 4.78 is 6.52. The van der Waals surface area contributed by atoms with E-state index in [9.17, 15) is 9.59 Å². The monoisotopic (exact) mass is 349 g/mol. The summed E-state index contributed by atoms with van der Waals surface area (Å²) in [6, 6.07) is 9.21. The molecule has 0 aliphatic carbocycles. The van der Waals surface area contributed by atoms with Crippen LogP contribution in [0.3, 0.4) is 0 Å². The Kier molecular flexibility index (Phi) is 5.29. The molecule has 24 heavy (non-hydrogen) atoms. The maximum Gasteiger partial charge on any atom is 0.343 e. The Morgan fingerprint density at radius 3 is 2.46 bits per heavy atom. The lowest BCUT2D eigenvalue weighted by atomic mass is 10.1. The molecule has 0 bridgehead atoms. The van der Waals surface area contributed by atoms with Crippen molar-refractivity contribution >= 4 is 23.5 Å². The molecular formula is C17H20ClN3O3. The van der Waals surface area contributed by atoms with Crippen LogP contribution in [-0.2, 0) is 9.53 Å². The van der Waals surface area contributed by atoms with E-state index in [2.05, 4.69) is 10.4 Å². The van der Waals surface area contributed by atoms with Crippen molar-refractivity contribution in [2.45, 2.75) is 33.2 Å². The van der Waals surface area contributed by atoms with Crippen LogP contribution in [0.2, 0.25) is 5.15 Å². The zero-order valence-electron chi connectivity index (χ0n) is 14.1. The number of nitrogens with one attached hydrogen (secondary N) is 1. The highest BCUT2D eigenvalue weighted by molar-refractivity contribution is 6.33. The first-order valence-electron chi connectivity index (χ1n) is 7.48. The number of benzene rings is 1. The molecule has 1 N–H and O–H groups in total. The van der Waals surface area contributed by atoms with Gasteiger partial charge in [0, 0.05) is 5.54 Å². The van der Waals surface area contributed by atoms with Gasteiger partial charge in [-0.3, -0.25) is 4.79 Å². The molecule has 0 aliphatic rings. The second-order valence-corrected chi connectivity index (χ2v) is 6.73. The molecule has 7 heteroatoms. The highest BCUT2D eigenvalue weighted by Gasteiger charge is 2.23. The number of aryl methyl sites for hydroxylation is 1. The normalized spacial score (nSPS) is 11.2. The molecule has 6 nitrogen and oxygen atoms in total. The van der Waals surface area contributed by atoms with Crippen LogP contribution in [0, 0.1) is 6.92 Å². The molecule has 0 saturated carbocycles. The van der Waals surface area contributed by atoms with Crippen molar-refractivity contribution in [2.75, 3.05) is 6.61 Å². The minimum atomic E-state index is -0.677. The molecule has 0 spiro atoms. The van der Waals surface area contributed by atoms with Crippen LogP contribution in [0.4, 0.5) is 0 Å². The third-order valence-corrected chi connectivity index (χ3v) is 3.41. The quantitative estimate of drug-likeness (QED) is 0.861. The molecule has 0 unspecified atom stereocenters. The molecule has 128 valence electrons. The van der Waals surface area contributed by atoms with Crippen molar-refractivity contribution in [3.63, 3.8) is 0 Å². The highest BCUT2D eigenvalue weighted by Crippen LogP contribution is 2.24. The number of halogens is 1. The van der Waals surface area contributed by atoms with Crippen LogP contribution in [0.5, 0.6) is 0 Å². The van der Waals surface area contributed by atoms with Crippen LogP contribution in [0.1, 0.15) is 36.8 Å². The van der Waals surface area contributed by atoms with Gasteiger partial charge in [-0.25, -0.2) is 9.48 Å². The summed E-state index contributed by atoms with van der Waals surface area (Å²) in [5, 5.41) is 7.14. The lowest BCUT2D eigenvalue weighted by Crippen LogP contribution is -2.42. The van der Waals surface area contributed by atoms with Crippen LogP contribution >= 0.6 is 11.6 Å². The summed E-state index contributed by atoms with van der Waals surface area (Å²) in [6.45, 7) is 6.83. The number of hydrogen-bond acceptors (Lipinski definition) is 4. The number of hydrogen-bond donors (Lipinski definition) is 1. The van der Waals surface area contributed by atoms with Gasteiger partial charge >= 0.3 is 5.97 Å². The van der Waals surface area contributed by atoms with E-state index < -0.39 is 11.5 Å². The van der Waals surface area contributed by atoms with Gasteiger partial charge in [0.2, 0.25) is 0 Å². The van der Waals surface area contributed by atoms with Crippen molar-refractivity contribution in [1.82, 2.24) is 15.1 Å². The number of amides is 1. The highest BCUT2D eigenvalue weighted by atomic mass is 35.5. The molecule has 1 amide bonds. The molecule has 1 aromatic carbocycles. The van der Waals surface area contributed by atoms with E-state index in [0.29, 0.717) is 5.69 Å². The van der Waals surface area contributed by atoms with E-state index in [4.69, 9.17) is 16.3 Å². The number of para-hydroxylation sites is 1. The first-order chi connectivity index (χ1) is 11.2. The van der Waals surface area contributed by atoms with E-state index in [1.165, 1.54) is 4.68 Å². The van der Waals surface area contributed by atoms with Gasteiger partial charge in [0.05, 0.1) is 11.4 Å². The fourth-order valence-corrected chi connectivity index (χ4v) is 2.48. The maximum absolute atomic E-state index is 12.3. The van der Waals surface area contributed by atoms with Crippen molar-refractivity contribution in [1.29, 1.82) is 0 Å². The second kappa shape index (κ2) is 7.05. The van der Waals surface area contributed by atoms with E-state index in [1.54, 1.807) is 6.92 Å². The van der Waals surface area contributed by atoms with E-state index in [1.807, 2.05) is 51.1 Å². The average Bonchev–Trinajstić information content (AvgIpc) is 2.79. The Morgan fingerprint density at radius 1 is 1.25 bits per heavy atom. The molecule has 0 fully saturated rings. The lowest BCUT2D eigenvalue weighted by molar-refractivity contribution is -0.125. The van der Waals surface area contributed by atoms with Gasteiger partial charge in [0.25, 0.3) is 5.91 Å². The topological polar surface area (TPSA) is 73.2 Å². The maximum atomic E-state index is 12.3. The average molecular weight is 350 g/mol. The molecule has 0 aliphatic heterocycles. The first kappa shape index (κ1) is 18.0. The minimum absolute atomic E-state index is 0.153. The number of aromatic nitrogens is 2. The summed E-state index contributed by atoms with van der Waals surface area (Å²) in [7, 11) is 0. The molecule has 2 rings (SSSR count). The molecule has 0 radical (unpaired) electrons. The SMILES string of the molecule is Cc1nn(-c2ccccc2)c(Cl)c1C(=O)OCC(=O)NC(C)(C)C. The molecule has 0 saturated heterocycles. The third kappa shape index (κ3) is 4.35. The van der Waals surface area contributed by atoms with Crippen LogP contribution in [0.25, 0.3) is 5.69 Å². The van der Waals surface area contributed by atoms with Gasteiger partial charge in [-0.05, 0) is 39.8 Å². The number of nitrogens with zero attached hydrogens (tertiary/aromatic N) is 2. The Balaban J connectivity index is 2.13. The van der Waals surface area contributed by atoms with Crippen molar-refractivity contribution in [2.24, 2.45) is 0 Å². The molecule has 2 aromatic rings. The molecule has 1 heterocycles. The molecular weight excluding hydrogens is 330 g/mol. The Labute approximate surface area is 145 Å². The molecule has 1 aromatic heterocycles. The summed E-state index contributed by atoms with van der Waals surface area (Å²) in [5.41, 5.74) is 0.930. The fraction of sp³-hybridized carbons (Fsp3) is 0.353. The predicted octanol–water partition coefficient (Wildman–Crippen LogP) is 2.91. The Hall–Kier alpha value is -2.34. The number of ether oxygens (including phenoxy) is 1. The Morgan fingerprint density at radius 2 is 1.88 bits per heavy atom. The minimum Gasteiger partial charge on any atom is -0.452 e. The smallest absolute Gasteiger partial charge is 0.343 e. The zero-order chi connectivity index (χ0) is 17.9. The number of carbonyl (C=O) groups is 2. The van der Waals surface area contributed by atoms with Gasteiger partial charge < -0.3 is 10.1 Å². The summed E-state index contributed by atoms with van der Waals surface area (Å²) in [4.78, 5) is 24.0. The fourth-order valence-electron chi connectivity index (χ4n) is 2.13. The van der Waals surface area contributed by atoms with Crippen LogP contribution in [-0.4, -0.2) is 33.8 Å². The van der Waals surface area contributed by atoms with Crippen molar-refractivity contribution < 1.29 is 14.3 Å². The lowest BCUT2D eigenvalue weighted by Gasteiger charge is -2.20. The predicted molar refractivity (Wildman–Crippen MR) is 91.5 cm³/mol. The van der Waals surface area contributed by atoms with Crippen molar-refractivity contribution in [3.8, 4) is 5.69 Å². The number of esters is 1. The standard InChI is InChI=1S/C17H20ClN3O3/c1-11-14(16(23)24-10-13(22)19-17(2,3)4)15(18)21(20-11)12-8-6-5-7-9-12/h5-9H,10H2,1-4H3,(H,19,22). The number of rotatable bonds is 4. The van der Waals surface area contributed by atoms with Gasteiger partial charge in [-0.15, -0.1) is 0 Å². The zero-order valence-corrected chi connectivity index (χ0v) is 14.8. The summed E-state index contributed by atoms with van der Waals surface area (Å²) in [5.74, 6) is -1.05. The van der Waals surface area contributed by atoms with Gasteiger partial charge in [-0.1, -0.05) is 29.8 Å². The van der Waals surface area contributed by atoms with Gasteiger partial charge in [0.15, 0.2) is 6.61 Å². The van der Waals surface area contributed by atoms with E-state index in [0.717, 1.165) is 5.69 Å². The Bertz CT molecular complexity index is 748. The summed E-state index contributed by atoms with van der Waals surface area (Å²) in [6.07, 6.45) is 0. The van der Waals surface area contributed by atoms with Gasteiger partial charge in [0.1, 0.15) is 10.7 Å². The third-order valence-electron chi connectivity index (χ3n) is 3.06. The van der Waals surface area contributed by atoms with Crippen LogP contribution < -0.4 is 5.32 Å². The first-order valence-corrected chi connectivity index (χ1v) is 7.85. The summed E-state index contributed by atoms with van der Waals surface area (Å²) >= 11 is 6.28. The van der Waals surface area contributed by atoms with E-state index in [-0.39, 0.29) is 23.2 Å². The van der Waals surface area contributed by atoms with Crippen LogP contribution in [0.15, 0.2) is 30.3 Å². The molecule has 0 atom stereocenters. The largest absolute Gasteiger partial charge is 0.452 e. The van der Waals surface area contributed by atoms with Gasteiger partial charge in [-0.2, -0.15) is 5.10 Å². The van der Waals surface area contributed by atoms with Crippen molar-refractivity contribution in [3.05, 3.63) is 46.7 Å². The second-order valence-electron chi connectivity index (χ2n) is 6.37.